The Balaban J connectivity index is 1.36. The van der Waals surface area contributed by atoms with Gasteiger partial charge < -0.3 is 14.1 Å². The first-order valence-corrected chi connectivity index (χ1v) is 11.2. The maximum atomic E-state index is 13.1. The monoisotopic (exact) mass is 445 g/mol. The number of nitrogens with zero attached hydrogens (tertiary/aromatic N) is 3. The Labute approximate surface area is 191 Å². The third kappa shape index (κ3) is 5.98. The van der Waals surface area contributed by atoms with E-state index >= 15 is 0 Å². The number of anilines is 1. The van der Waals surface area contributed by atoms with Crippen LogP contribution in [0.1, 0.15) is 17.0 Å². The van der Waals surface area contributed by atoms with Crippen LogP contribution in [0.15, 0.2) is 94.6 Å². The van der Waals surface area contributed by atoms with Crippen LogP contribution in [-0.2, 0) is 17.9 Å². The summed E-state index contributed by atoms with van der Waals surface area (Å²) in [4.78, 5) is 14.8. The zero-order valence-electron chi connectivity index (χ0n) is 17.7. The molecule has 0 bridgehead atoms. The first kappa shape index (κ1) is 21.6. The van der Waals surface area contributed by atoms with Gasteiger partial charge in [0.15, 0.2) is 6.61 Å². The largest absolute Gasteiger partial charge is 0.484 e. The normalized spacial score (nSPS) is 10.7. The highest BCUT2D eigenvalue weighted by Gasteiger charge is 2.18. The Morgan fingerprint density at radius 3 is 2.34 bits per heavy atom. The molecule has 0 atom stereocenters. The zero-order chi connectivity index (χ0) is 22.2. The second-order valence-corrected chi connectivity index (χ2v) is 8.08. The molecule has 1 heterocycles. The van der Waals surface area contributed by atoms with E-state index in [1.807, 2.05) is 91.9 Å². The molecule has 0 fully saturated rings. The lowest BCUT2D eigenvalue weighted by molar-refractivity contribution is -0.116. The molecule has 0 N–H and O–H groups in total. The van der Waals surface area contributed by atoms with Crippen LogP contribution in [-0.4, -0.2) is 21.9 Å². The van der Waals surface area contributed by atoms with Gasteiger partial charge in [0, 0.05) is 5.69 Å². The third-order valence-corrected chi connectivity index (χ3v) is 5.51. The fraction of sp³-hybridized carbons (Fsp3) is 0.160. The molecular formula is C25H23N3O3S. The van der Waals surface area contributed by atoms with E-state index in [0.29, 0.717) is 17.7 Å². The van der Waals surface area contributed by atoms with Crippen molar-refractivity contribution < 1.29 is 13.9 Å². The first-order chi connectivity index (χ1) is 15.7. The van der Waals surface area contributed by atoms with Crippen LogP contribution >= 0.6 is 11.8 Å². The Hall–Kier alpha value is -3.58. The average molecular weight is 446 g/mol. The van der Waals surface area contributed by atoms with Gasteiger partial charge in [-0.25, -0.2) is 0 Å². The molecule has 0 aliphatic heterocycles. The van der Waals surface area contributed by atoms with Gasteiger partial charge in [-0.15, -0.1) is 10.2 Å². The fourth-order valence-corrected chi connectivity index (χ4v) is 3.69. The average Bonchev–Trinajstić information content (AvgIpc) is 3.30. The standard InChI is InChI=1S/C25H23N3O3S/c1-19-12-14-22(15-13-19)30-17-23-26-27-25(31-23)32-18-24(29)28(21-10-6-3-7-11-21)16-20-8-4-2-5-9-20/h2-15H,16-18H2,1H3. The minimum absolute atomic E-state index is 0.0410. The molecule has 1 aromatic heterocycles. The van der Waals surface area contributed by atoms with E-state index in [4.69, 9.17) is 9.15 Å². The van der Waals surface area contributed by atoms with Crippen molar-refractivity contribution in [1.29, 1.82) is 0 Å². The van der Waals surface area contributed by atoms with Crippen LogP contribution < -0.4 is 9.64 Å². The van der Waals surface area contributed by atoms with Crippen molar-refractivity contribution in [3.8, 4) is 5.75 Å². The van der Waals surface area contributed by atoms with Gasteiger partial charge in [-0.2, -0.15) is 0 Å². The number of carbonyl (C=O) groups excluding carboxylic acids is 1. The number of rotatable bonds is 9. The summed E-state index contributed by atoms with van der Waals surface area (Å²) >= 11 is 1.22. The lowest BCUT2D eigenvalue weighted by atomic mass is 10.2. The second kappa shape index (κ2) is 10.6. The quantitative estimate of drug-likeness (QED) is 0.327. The van der Waals surface area contributed by atoms with Gasteiger partial charge in [-0.1, -0.05) is 78.0 Å². The number of hydrogen-bond donors (Lipinski definition) is 0. The predicted octanol–water partition coefficient (Wildman–Crippen LogP) is 5.28. The van der Waals surface area contributed by atoms with Crippen LogP contribution in [0.25, 0.3) is 0 Å². The zero-order valence-corrected chi connectivity index (χ0v) is 18.5. The van der Waals surface area contributed by atoms with Gasteiger partial charge in [-0.05, 0) is 36.8 Å². The van der Waals surface area contributed by atoms with Crippen molar-refractivity contribution >= 4 is 23.4 Å². The lowest BCUT2D eigenvalue weighted by Crippen LogP contribution is -2.31. The Morgan fingerprint density at radius 2 is 1.62 bits per heavy atom. The van der Waals surface area contributed by atoms with E-state index in [1.165, 1.54) is 11.8 Å². The molecule has 7 heteroatoms. The van der Waals surface area contributed by atoms with Gasteiger partial charge in [-0.3, -0.25) is 4.79 Å². The number of hydrogen-bond acceptors (Lipinski definition) is 6. The number of para-hydroxylation sites is 1. The molecule has 1 amide bonds. The Bertz CT molecular complexity index is 1130. The molecule has 0 unspecified atom stereocenters. The highest BCUT2D eigenvalue weighted by molar-refractivity contribution is 7.99. The fourth-order valence-electron chi connectivity index (χ4n) is 3.03. The summed E-state index contributed by atoms with van der Waals surface area (Å²) in [6.45, 7) is 2.68. The van der Waals surface area contributed by atoms with E-state index < -0.39 is 0 Å². The highest BCUT2D eigenvalue weighted by atomic mass is 32.2. The molecule has 4 aromatic rings. The number of aryl methyl sites for hydroxylation is 1. The van der Waals surface area contributed by atoms with E-state index in [0.717, 1.165) is 22.6 Å². The van der Waals surface area contributed by atoms with Crippen LogP contribution in [0.3, 0.4) is 0 Å². The van der Waals surface area contributed by atoms with Gasteiger partial charge >= 0.3 is 0 Å². The molecule has 0 saturated heterocycles. The summed E-state index contributed by atoms with van der Waals surface area (Å²) in [5.41, 5.74) is 3.07. The SMILES string of the molecule is Cc1ccc(OCc2nnc(SCC(=O)N(Cc3ccccc3)c3ccccc3)o2)cc1. The number of thioether (sulfide) groups is 1. The van der Waals surface area contributed by atoms with Crippen molar-refractivity contribution in [1.82, 2.24) is 10.2 Å². The van der Waals surface area contributed by atoms with Gasteiger partial charge in [0.1, 0.15) is 5.75 Å². The number of ether oxygens (including phenoxy) is 1. The predicted molar refractivity (Wildman–Crippen MR) is 125 cm³/mol. The van der Waals surface area contributed by atoms with E-state index in [1.54, 1.807) is 4.90 Å². The molecule has 0 aliphatic carbocycles. The van der Waals surface area contributed by atoms with Crippen molar-refractivity contribution in [3.63, 3.8) is 0 Å². The van der Waals surface area contributed by atoms with Crippen molar-refractivity contribution in [3.05, 3.63) is 102 Å². The van der Waals surface area contributed by atoms with Crippen LogP contribution in [0.5, 0.6) is 5.75 Å². The topological polar surface area (TPSA) is 68.5 Å². The third-order valence-electron chi connectivity index (χ3n) is 4.70. The van der Waals surface area contributed by atoms with Crippen molar-refractivity contribution in [2.45, 2.75) is 25.3 Å². The highest BCUT2D eigenvalue weighted by Crippen LogP contribution is 2.22. The maximum absolute atomic E-state index is 13.1. The minimum Gasteiger partial charge on any atom is -0.484 e. The van der Waals surface area contributed by atoms with Crippen LogP contribution in [0.2, 0.25) is 0 Å². The number of aromatic nitrogens is 2. The molecule has 32 heavy (non-hydrogen) atoms. The molecule has 3 aromatic carbocycles. The molecule has 6 nitrogen and oxygen atoms in total. The summed E-state index contributed by atoms with van der Waals surface area (Å²) in [6, 6.07) is 27.3. The Morgan fingerprint density at radius 1 is 0.938 bits per heavy atom. The molecule has 0 saturated carbocycles. The van der Waals surface area contributed by atoms with Gasteiger partial charge in [0.25, 0.3) is 11.1 Å². The summed E-state index contributed by atoms with van der Waals surface area (Å²) < 4.78 is 11.3. The molecule has 162 valence electrons. The van der Waals surface area contributed by atoms with Crippen molar-refractivity contribution in [2.75, 3.05) is 10.7 Å². The lowest BCUT2D eigenvalue weighted by Gasteiger charge is -2.22. The minimum atomic E-state index is -0.0410. The smallest absolute Gasteiger partial charge is 0.277 e. The second-order valence-electron chi connectivity index (χ2n) is 7.15. The van der Waals surface area contributed by atoms with Crippen molar-refractivity contribution in [2.24, 2.45) is 0 Å². The van der Waals surface area contributed by atoms with Gasteiger partial charge in [0.2, 0.25) is 5.91 Å². The van der Waals surface area contributed by atoms with E-state index in [9.17, 15) is 4.79 Å². The summed E-state index contributed by atoms with van der Waals surface area (Å²) in [5, 5.41) is 8.38. The number of carbonyl (C=O) groups is 1. The summed E-state index contributed by atoms with van der Waals surface area (Å²) in [6.07, 6.45) is 0. The number of amides is 1. The van der Waals surface area contributed by atoms with E-state index in [2.05, 4.69) is 10.2 Å². The molecule has 0 spiro atoms. The van der Waals surface area contributed by atoms with Crippen LogP contribution in [0, 0.1) is 6.92 Å². The maximum Gasteiger partial charge on any atom is 0.277 e. The summed E-state index contributed by atoms with van der Waals surface area (Å²) in [5.74, 6) is 1.24. The van der Waals surface area contributed by atoms with Gasteiger partial charge in [0.05, 0.1) is 12.3 Å². The number of benzene rings is 3. The summed E-state index contributed by atoms with van der Waals surface area (Å²) in [7, 11) is 0. The molecule has 4 rings (SSSR count). The molecular weight excluding hydrogens is 422 g/mol. The van der Waals surface area contributed by atoms with Crippen LogP contribution in [0.4, 0.5) is 5.69 Å². The first-order valence-electron chi connectivity index (χ1n) is 10.2. The molecule has 0 radical (unpaired) electrons. The van der Waals surface area contributed by atoms with E-state index in [-0.39, 0.29) is 18.3 Å². The Kier molecular flexibility index (Phi) is 7.19. The molecule has 0 aliphatic rings.